The summed E-state index contributed by atoms with van der Waals surface area (Å²) in [6.45, 7) is 6.88. The number of carbonyl (C=O) groups is 1. The minimum atomic E-state index is -0.228. The molecule has 24 heavy (non-hydrogen) atoms. The topological polar surface area (TPSA) is 37.3 Å². The summed E-state index contributed by atoms with van der Waals surface area (Å²) >= 11 is 0. The average Bonchev–Trinajstić information content (AvgIpc) is 2.99. The van der Waals surface area contributed by atoms with E-state index in [1.54, 1.807) is 12.1 Å². The monoisotopic (exact) mass is 327 g/mol. The molecule has 0 saturated heterocycles. The molecule has 0 bridgehead atoms. The van der Waals surface area contributed by atoms with Crippen LogP contribution in [0.25, 0.3) is 16.5 Å². The van der Waals surface area contributed by atoms with Crippen molar-refractivity contribution in [2.45, 2.75) is 26.4 Å². The number of nitrogens with zero attached hydrogens (tertiary/aromatic N) is 2. The van der Waals surface area contributed by atoms with E-state index in [1.807, 2.05) is 31.0 Å². The lowest BCUT2D eigenvalue weighted by Crippen LogP contribution is -2.47. The standard InChI is InChI=1S/C19H22FN3O/c1-3-22(4-2)19(24)13-8-15-16-9-14(20)7-12-5-6-23(18(12)16)11-17(15)21-10-13/h5-9,13,17,21H,3-4,10-11H2,1-2H3. The van der Waals surface area contributed by atoms with E-state index in [0.717, 1.165) is 28.6 Å². The predicted molar refractivity (Wildman–Crippen MR) is 93.1 cm³/mol. The Balaban J connectivity index is 1.79. The molecule has 1 aromatic heterocycles. The van der Waals surface area contributed by atoms with Crippen molar-refractivity contribution in [2.75, 3.05) is 19.6 Å². The number of benzene rings is 1. The molecule has 0 saturated carbocycles. The minimum Gasteiger partial charge on any atom is -0.345 e. The molecule has 1 amide bonds. The predicted octanol–water partition coefficient (Wildman–Crippen LogP) is 2.63. The maximum atomic E-state index is 14.0. The van der Waals surface area contributed by atoms with Crippen LogP contribution in [0.15, 0.2) is 30.5 Å². The summed E-state index contributed by atoms with van der Waals surface area (Å²) in [5.74, 6) is -0.267. The van der Waals surface area contributed by atoms with Crippen LogP contribution in [-0.4, -0.2) is 41.1 Å². The van der Waals surface area contributed by atoms with Crippen LogP contribution < -0.4 is 5.32 Å². The highest BCUT2D eigenvalue weighted by Gasteiger charge is 2.33. The van der Waals surface area contributed by atoms with E-state index in [1.165, 1.54) is 0 Å². The van der Waals surface area contributed by atoms with E-state index in [2.05, 4.69) is 16.0 Å². The summed E-state index contributed by atoms with van der Waals surface area (Å²) in [4.78, 5) is 14.6. The fraction of sp³-hybridized carbons (Fsp3) is 0.421. The first-order valence-corrected chi connectivity index (χ1v) is 8.65. The van der Waals surface area contributed by atoms with Crippen molar-refractivity contribution < 1.29 is 9.18 Å². The van der Waals surface area contributed by atoms with Crippen LogP contribution in [0.4, 0.5) is 4.39 Å². The van der Waals surface area contributed by atoms with Gasteiger partial charge in [0, 0.05) is 43.3 Å². The normalized spacial score (nSPS) is 22.2. The Kier molecular flexibility index (Phi) is 3.68. The first kappa shape index (κ1) is 15.4. The van der Waals surface area contributed by atoms with E-state index in [4.69, 9.17) is 0 Å². The van der Waals surface area contributed by atoms with Crippen LogP contribution in [0.1, 0.15) is 19.4 Å². The summed E-state index contributed by atoms with van der Waals surface area (Å²) in [5.41, 5.74) is 3.04. The molecule has 1 aromatic carbocycles. The number of rotatable bonds is 3. The van der Waals surface area contributed by atoms with E-state index in [9.17, 15) is 9.18 Å². The number of halogens is 1. The van der Waals surface area contributed by atoms with Gasteiger partial charge in [0.25, 0.3) is 0 Å². The van der Waals surface area contributed by atoms with Crippen molar-refractivity contribution in [3.63, 3.8) is 0 Å². The Hall–Kier alpha value is -2.14. The maximum absolute atomic E-state index is 14.0. The quantitative estimate of drug-likeness (QED) is 0.941. The summed E-state index contributed by atoms with van der Waals surface area (Å²) in [7, 11) is 0. The molecule has 1 N–H and O–H groups in total. The average molecular weight is 327 g/mol. The van der Waals surface area contributed by atoms with Crippen LogP contribution in [0, 0.1) is 11.7 Å². The SMILES string of the molecule is CCN(CC)C(=O)C1C=C2c3cc(F)cc4ccn(c34)CC2NC1. The van der Waals surface area contributed by atoms with Crippen LogP contribution >= 0.6 is 0 Å². The molecule has 5 heteroatoms. The fourth-order valence-corrected chi connectivity index (χ4v) is 4.02. The van der Waals surface area contributed by atoms with Crippen molar-refractivity contribution in [2.24, 2.45) is 5.92 Å². The maximum Gasteiger partial charge on any atom is 0.230 e. The second-order valence-electron chi connectivity index (χ2n) is 6.56. The second kappa shape index (κ2) is 5.74. The fourth-order valence-electron chi connectivity index (χ4n) is 4.02. The third-order valence-electron chi connectivity index (χ3n) is 5.25. The molecule has 3 heterocycles. The van der Waals surface area contributed by atoms with E-state index < -0.39 is 0 Å². The van der Waals surface area contributed by atoms with Gasteiger partial charge in [0.2, 0.25) is 5.91 Å². The van der Waals surface area contributed by atoms with Crippen LogP contribution in [0.2, 0.25) is 0 Å². The molecule has 2 unspecified atom stereocenters. The number of aromatic nitrogens is 1. The Morgan fingerprint density at radius 1 is 1.38 bits per heavy atom. The van der Waals surface area contributed by atoms with Gasteiger partial charge in [0.05, 0.1) is 17.5 Å². The molecule has 2 atom stereocenters. The lowest BCUT2D eigenvalue weighted by molar-refractivity contribution is -0.133. The van der Waals surface area contributed by atoms with E-state index in [-0.39, 0.29) is 23.7 Å². The molecule has 4 nitrogen and oxygen atoms in total. The van der Waals surface area contributed by atoms with Gasteiger partial charge < -0.3 is 14.8 Å². The molecule has 126 valence electrons. The largest absolute Gasteiger partial charge is 0.345 e. The van der Waals surface area contributed by atoms with Crippen molar-refractivity contribution in [1.82, 2.24) is 14.8 Å². The van der Waals surface area contributed by atoms with E-state index >= 15 is 0 Å². The Labute approximate surface area is 140 Å². The third-order valence-corrected chi connectivity index (χ3v) is 5.25. The zero-order chi connectivity index (χ0) is 16.8. The summed E-state index contributed by atoms with van der Waals surface area (Å²) in [5, 5.41) is 4.41. The molecular formula is C19H22FN3O. The van der Waals surface area contributed by atoms with E-state index in [0.29, 0.717) is 19.6 Å². The van der Waals surface area contributed by atoms with Gasteiger partial charge in [-0.3, -0.25) is 4.79 Å². The Morgan fingerprint density at radius 3 is 2.92 bits per heavy atom. The van der Waals surface area contributed by atoms with Gasteiger partial charge in [-0.25, -0.2) is 4.39 Å². The van der Waals surface area contributed by atoms with Gasteiger partial charge in [0.1, 0.15) is 5.82 Å². The molecule has 0 spiro atoms. The zero-order valence-corrected chi connectivity index (χ0v) is 14.1. The smallest absolute Gasteiger partial charge is 0.230 e. The molecule has 2 aliphatic rings. The zero-order valence-electron chi connectivity index (χ0n) is 14.1. The van der Waals surface area contributed by atoms with Crippen LogP contribution in [0.3, 0.4) is 0 Å². The van der Waals surface area contributed by atoms with Gasteiger partial charge in [-0.15, -0.1) is 0 Å². The van der Waals surface area contributed by atoms with Crippen molar-refractivity contribution >= 4 is 22.4 Å². The number of carbonyl (C=O) groups excluding carboxylic acids is 1. The molecular weight excluding hydrogens is 305 g/mol. The number of hydrogen-bond acceptors (Lipinski definition) is 2. The van der Waals surface area contributed by atoms with Gasteiger partial charge in [-0.05, 0) is 37.6 Å². The van der Waals surface area contributed by atoms with Gasteiger partial charge >= 0.3 is 0 Å². The first-order valence-electron chi connectivity index (χ1n) is 8.65. The van der Waals surface area contributed by atoms with Gasteiger partial charge in [0.15, 0.2) is 0 Å². The van der Waals surface area contributed by atoms with Crippen molar-refractivity contribution in [1.29, 1.82) is 0 Å². The summed E-state index contributed by atoms with van der Waals surface area (Å²) in [6, 6.07) is 5.27. The first-order chi connectivity index (χ1) is 11.6. The summed E-state index contributed by atoms with van der Waals surface area (Å²) in [6.07, 6.45) is 4.08. The highest BCUT2D eigenvalue weighted by Crippen LogP contribution is 2.36. The second-order valence-corrected chi connectivity index (χ2v) is 6.56. The highest BCUT2D eigenvalue weighted by atomic mass is 19.1. The number of amides is 1. The molecule has 0 radical (unpaired) electrons. The molecule has 0 aliphatic carbocycles. The summed E-state index contributed by atoms with van der Waals surface area (Å²) < 4.78 is 16.2. The van der Waals surface area contributed by atoms with Crippen molar-refractivity contribution in [3.05, 3.63) is 41.9 Å². The lowest BCUT2D eigenvalue weighted by Gasteiger charge is -2.35. The Morgan fingerprint density at radius 2 is 2.17 bits per heavy atom. The number of hydrogen-bond donors (Lipinski definition) is 1. The molecule has 0 fully saturated rings. The van der Waals surface area contributed by atoms with Crippen LogP contribution in [-0.2, 0) is 11.3 Å². The minimum absolute atomic E-state index is 0.135. The third kappa shape index (κ3) is 2.26. The molecule has 2 aromatic rings. The lowest BCUT2D eigenvalue weighted by atomic mass is 9.86. The number of nitrogens with one attached hydrogen (secondary N) is 1. The highest BCUT2D eigenvalue weighted by molar-refractivity contribution is 5.96. The molecule has 2 aliphatic heterocycles. The van der Waals surface area contributed by atoms with Gasteiger partial charge in [-0.2, -0.15) is 0 Å². The van der Waals surface area contributed by atoms with Crippen LogP contribution in [0.5, 0.6) is 0 Å². The van der Waals surface area contributed by atoms with Gasteiger partial charge in [-0.1, -0.05) is 6.08 Å². The van der Waals surface area contributed by atoms with Crippen molar-refractivity contribution in [3.8, 4) is 0 Å². The number of fused-ring (bicyclic) bond motifs is 2. The molecule has 4 rings (SSSR count). The Bertz CT molecular complexity index is 834.